The van der Waals surface area contributed by atoms with Crippen LogP contribution in [-0.4, -0.2) is 60.4 Å². The first-order chi connectivity index (χ1) is 4.33. The molecule has 0 aromatic carbocycles. The van der Waals surface area contributed by atoms with Gasteiger partial charge in [-0.3, -0.25) is 4.55 Å². The molecule has 5 N–H and O–H groups in total. The van der Waals surface area contributed by atoms with Gasteiger partial charge in [0.2, 0.25) is 0 Å². The van der Waals surface area contributed by atoms with E-state index in [0.717, 1.165) is 0 Å². The molecule has 0 radical (unpaired) electrons. The Morgan fingerprint density at radius 2 is 1.82 bits per heavy atom. The van der Waals surface area contributed by atoms with Crippen molar-refractivity contribution >= 4 is 39.7 Å². The minimum absolute atomic E-state index is 0. The molecule has 0 amide bonds. The van der Waals surface area contributed by atoms with Crippen LogP contribution in [0.3, 0.4) is 0 Å². The zero-order valence-corrected chi connectivity index (χ0v) is 6.50. The van der Waals surface area contributed by atoms with Crippen molar-refractivity contribution in [3.8, 4) is 0 Å². The topological polar surface area (TPSA) is 106 Å². The van der Waals surface area contributed by atoms with Gasteiger partial charge in [0, 0.05) is 12.1 Å². The van der Waals surface area contributed by atoms with E-state index in [1.54, 1.807) is 6.92 Å². The Morgan fingerprint density at radius 3 is 1.91 bits per heavy atom. The third kappa shape index (κ3) is 8.74. The van der Waals surface area contributed by atoms with E-state index in [1.165, 1.54) is 0 Å². The van der Waals surface area contributed by atoms with Crippen LogP contribution < -0.4 is 11.5 Å². The quantitative estimate of drug-likeness (QED) is 0.351. The van der Waals surface area contributed by atoms with Crippen LogP contribution in [0.5, 0.6) is 0 Å². The molecule has 0 aliphatic rings. The van der Waals surface area contributed by atoms with Crippen LogP contribution >= 0.6 is 0 Å². The molecule has 0 bridgehead atoms. The monoisotopic (exact) mass is 192 g/mol. The third-order valence-electron chi connectivity index (χ3n) is 1.08. The van der Waals surface area contributed by atoms with Crippen molar-refractivity contribution in [3.63, 3.8) is 0 Å². The van der Waals surface area contributed by atoms with E-state index in [9.17, 15) is 8.42 Å². The van der Waals surface area contributed by atoms with E-state index in [-0.39, 0.29) is 29.6 Å². The molecule has 0 aromatic rings. The van der Waals surface area contributed by atoms with Gasteiger partial charge >= 0.3 is 29.6 Å². The summed E-state index contributed by atoms with van der Waals surface area (Å²) < 4.78 is 28.6. The average Bonchev–Trinajstić information content (AvgIpc) is 1.60. The fourth-order valence-corrected chi connectivity index (χ4v) is 1.18. The molecule has 0 aliphatic carbocycles. The van der Waals surface area contributed by atoms with Crippen molar-refractivity contribution in [2.24, 2.45) is 11.5 Å². The Morgan fingerprint density at radius 1 is 1.45 bits per heavy atom. The van der Waals surface area contributed by atoms with Gasteiger partial charge in [0.05, 0.1) is 5.75 Å². The summed E-state index contributed by atoms with van der Waals surface area (Å²) in [6, 6.07) is -1.13. The first-order valence-electron chi connectivity index (χ1n) is 2.79. The molecular weight excluding hydrogens is 179 g/mol. The normalized spacial score (nSPS) is 16.7. The van der Waals surface area contributed by atoms with Crippen molar-refractivity contribution in [1.82, 2.24) is 0 Å². The Kier molecular flexibility index (Phi) is 7.14. The Labute approximate surface area is 88.6 Å². The Hall–Kier alpha value is 0.830. The van der Waals surface area contributed by atoms with Crippen LogP contribution in [0.2, 0.25) is 0 Å². The number of rotatable bonds is 3. The zero-order chi connectivity index (χ0) is 8.36. The average molecular weight is 192 g/mol. The van der Waals surface area contributed by atoms with E-state index in [1.807, 2.05) is 0 Å². The Bertz CT molecular complexity index is 192. The summed E-state index contributed by atoms with van der Waals surface area (Å²) in [5.74, 6) is -0.481. The second-order valence-electron chi connectivity index (χ2n) is 2.27. The first kappa shape index (κ1) is 14.4. The van der Waals surface area contributed by atoms with Gasteiger partial charge in [0.25, 0.3) is 10.1 Å². The standard InChI is InChI=1S/C4H12N2O3S.Na.H/c1-3(5)4(6)2-10(7,8)9;;/h3-4H,2,5-6H2,1H3,(H,7,8,9);;. The molecule has 2 atom stereocenters. The van der Waals surface area contributed by atoms with Crippen LogP contribution in [-0.2, 0) is 10.1 Å². The molecule has 7 heteroatoms. The summed E-state index contributed by atoms with van der Waals surface area (Å²) in [5, 5.41) is 0. The van der Waals surface area contributed by atoms with Crippen LogP contribution in [0, 0.1) is 0 Å². The molecule has 11 heavy (non-hydrogen) atoms. The van der Waals surface area contributed by atoms with Crippen LogP contribution in [0.4, 0.5) is 0 Å². The van der Waals surface area contributed by atoms with Crippen molar-refractivity contribution in [3.05, 3.63) is 0 Å². The molecule has 0 aromatic heterocycles. The minimum atomic E-state index is -3.97. The molecule has 0 spiro atoms. The molecule has 5 nitrogen and oxygen atoms in total. The molecule has 0 aliphatic heterocycles. The molecule has 0 heterocycles. The van der Waals surface area contributed by atoms with E-state index in [2.05, 4.69) is 0 Å². The predicted octanol–water partition coefficient (Wildman–Crippen LogP) is -2.10. The molecule has 0 saturated heterocycles. The van der Waals surface area contributed by atoms with Gasteiger partial charge in [-0.05, 0) is 6.92 Å². The SMILES string of the molecule is CC(N)C(N)CS(=O)(=O)O.[NaH]. The van der Waals surface area contributed by atoms with Gasteiger partial charge in [0.15, 0.2) is 0 Å². The van der Waals surface area contributed by atoms with E-state index < -0.39 is 28.0 Å². The summed E-state index contributed by atoms with van der Waals surface area (Å²) in [7, 11) is -3.97. The summed E-state index contributed by atoms with van der Waals surface area (Å²) in [4.78, 5) is 0. The summed E-state index contributed by atoms with van der Waals surface area (Å²) in [6.07, 6.45) is 0. The Balaban J connectivity index is 0. The van der Waals surface area contributed by atoms with Crippen LogP contribution in [0.1, 0.15) is 6.92 Å². The van der Waals surface area contributed by atoms with Gasteiger partial charge in [-0.15, -0.1) is 0 Å². The van der Waals surface area contributed by atoms with E-state index in [0.29, 0.717) is 0 Å². The van der Waals surface area contributed by atoms with Crippen LogP contribution in [0.25, 0.3) is 0 Å². The van der Waals surface area contributed by atoms with E-state index in [4.69, 9.17) is 16.0 Å². The van der Waals surface area contributed by atoms with Crippen LogP contribution in [0.15, 0.2) is 0 Å². The van der Waals surface area contributed by atoms with Crippen molar-refractivity contribution < 1.29 is 13.0 Å². The number of nitrogens with two attached hydrogens (primary N) is 2. The summed E-state index contributed by atoms with van der Waals surface area (Å²) in [6.45, 7) is 1.58. The molecule has 0 fully saturated rings. The predicted molar refractivity (Wildman–Crippen MR) is 45.2 cm³/mol. The number of hydrogen-bond donors (Lipinski definition) is 3. The second kappa shape index (κ2) is 5.47. The van der Waals surface area contributed by atoms with Crippen molar-refractivity contribution in [2.45, 2.75) is 19.0 Å². The first-order valence-corrected chi connectivity index (χ1v) is 4.40. The maximum atomic E-state index is 10.2. The van der Waals surface area contributed by atoms with Crippen molar-refractivity contribution in [1.29, 1.82) is 0 Å². The van der Waals surface area contributed by atoms with E-state index >= 15 is 0 Å². The fourth-order valence-electron chi connectivity index (χ4n) is 0.395. The van der Waals surface area contributed by atoms with Gasteiger partial charge in [-0.25, -0.2) is 0 Å². The van der Waals surface area contributed by atoms with Gasteiger partial charge in [-0.2, -0.15) is 8.42 Å². The van der Waals surface area contributed by atoms with Gasteiger partial charge in [-0.1, -0.05) is 0 Å². The molecule has 2 unspecified atom stereocenters. The van der Waals surface area contributed by atoms with Gasteiger partial charge in [0.1, 0.15) is 0 Å². The summed E-state index contributed by atoms with van der Waals surface area (Å²) in [5.41, 5.74) is 10.5. The zero-order valence-electron chi connectivity index (χ0n) is 5.69. The second-order valence-corrected chi connectivity index (χ2v) is 3.77. The van der Waals surface area contributed by atoms with Crippen molar-refractivity contribution in [2.75, 3.05) is 5.75 Å². The summed E-state index contributed by atoms with van der Waals surface area (Å²) >= 11 is 0. The molecule has 0 rings (SSSR count). The third-order valence-corrected chi connectivity index (χ3v) is 1.88. The maximum absolute atomic E-state index is 10.2. The molecule has 0 saturated carbocycles. The fraction of sp³-hybridized carbons (Fsp3) is 1.00. The van der Waals surface area contributed by atoms with Gasteiger partial charge < -0.3 is 11.5 Å². The molecular formula is C4H13N2NaO3S. The number of hydrogen-bond acceptors (Lipinski definition) is 4. The molecule has 64 valence electrons.